The van der Waals surface area contributed by atoms with Gasteiger partial charge in [0.05, 0.1) is 0 Å². The van der Waals surface area contributed by atoms with Gasteiger partial charge in [0.15, 0.2) is 0 Å². The number of hydrogen-bond acceptors (Lipinski definition) is 3. The van der Waals surface area contributed by atoms with Gasteiger partial charge < -0.3 is 11.1 Å². The molecule has 1 fully saturated rings. The molecule has 1 aromatic heterocycles. The first-order valence-electron chi connectivity index (χ1n) is 7.35. The highest BCUT2D eigenvalue weighted by atomic mass is 35.5. The zero-order valence-corrected chi connectivity index (χ0v) is 12.9. The first-order valence-corrected chi connectivity index (χ1v) is 7.73. The zero-order valence-electron chi connectivity index (χ0n) is 12.2. The summed E-state index contributed by atoms with van der Waals surface area (Å²) in [6.45, 7) is 0.816. The minimum absolute atomic E-state index is 0.140. The highest BCUT2D eigenvalue weighted by Gasteiger charge is 2.38. The number of rotatable bonds is 5. The van der Waals surface area contributed by atoms with Crippen LogP contribution < -0.4 is 11.1 Å². The number of primary amides is 1. The van der Waals surface area contributed by atoms with Crippen LogP contribution in [0.3, 0.4) is 0 Å². The molecule has 0 radical (unpaired) electrons. The van der Waals surface area contributed by atoms with Gasteiger partial charge in [0.25, 0.3) is 5.91 Å². The molecule has 2 aromatic rings. The van der Waals surface area contributed by atoms with Crippen molar-refractivity contribution in [2.24, 2.45) is 5.73 Å². The number of nitrogens with one attached hydrogen (secondary N) is 1. The summed E-state index contributed by atoms with van der Waals surface area (Å²) in [5.41, 5.74) is 7.85. The van der Waals surface area contributed by atoms with Gasteiger partial charge in [-0.3, -0.25) is 9.78 Å². The molecule has 3 N–H and O–H groups in total. The third-order valence-electron chi connectivity index (χ3n) is 4.41. The lowest BCUT2D eigenvalue weighted by molar-refractivity contribution is 0.0995. The fraction of sp³-hybridized carbons (Fsp3) is 0.294. The van der Waals surface area contributed by atoms with E-state index in [0.29, 0.717) is 0 Å². The van der Waals surface area contributed by atoms with Crippen molar-refractivity contribution < 1.29 is 4.79 Å². The third kappa shape index (κ3) is 2.92. The molecular weight excluding hydrogens is 298 g/mol. The number of anilines is 1. The Bertz CT molecular complexity index is 681. The Morgan fingerprint density at radius 2 is 2.00 bits per heavy atom. The topological polar surface area (TPSA) is 68.0 Å². The van der Waals surface area contributed by atoms with Crippen LogP contribution in [0.5, 0.6) is 0 Å². The predicted molar refractivity (Wildman–Crippen MR) is 88.2 cm³/mol. The van der Waals surface area contributed by atoms with Crippen molar-refractivity contribution in [3.63, 3.8) is 0 Å². The molecule has 5 heteroatoms. The quantitative estimate of drug-likeness (QED) is 0.889. The maximum Gasteiger partial charge on any atom is 0.267 e. The lowest BCUT2D eigenvalue weighted by atomic mass is 9.64. The van der Waals surface area contributed by atoms with Crippen molar-refractivity contribution in [3.8, 4) is 0 Å². The second kappa shape index (κ2) is 5.97. The predicted octanol–water partition coefficient (Wildman–Crippen LogP) is 3.37. The van der Waals surface area contributed by atoms with E-state index in [0.717, 1.165) is 30.1 Å². The second-order valence-electron chi connectivity index (χ2n) is 5.79. The molecule has 0 aliphatic heterocycles. The number of aromatic nitrogens is 1. The first-order chi connectivity index (χ1) is 10.6. The molecule has 1 aliphatic carbocycles. The minimum atomic E-state index is -0.514. The van der Waals surface area contributed by atoms with Gasteiger partial charge in [-0.2, -0.15) is 0 Å². The van der Waals surface area contributed by atoms with Crippen molar-refractivity contribution in [1.82, 2.24) is 4.98 Å². The summed E-state index contributed by atoms with van der Waals surface area (Å²) in [7, 11) is 0. The van der Waals surface area contributed by atoms with Gasteiger partial charge in [-0.25, -0.2) is 0 Å². The summed E-state index contributed by atoms with van der Waals surface area (Å²) in [4.78, 5) is 15.2. The van der Waals surface area contributed by atoms with Crippen molar-refractivity contribution in [3.05, 3.63) is 58.9 Å². The Labute approximate surface area is 134 Å². The molecule has 114 valence electrons. The van der Waals surface area contributed by atoms with E-state index in [1.807, 2.05) is 18.2 Å². The Morgan fingerprint density at radius 1 is 1.27 bits per heavy atom. The number of nitrogens with zero attached hydrogens (tertiary/aromatic N) is 1. The molecule has 0 unspecified atom stereocenters. The standard InChI is InChI=1S/C17H18ClN3O/c18-13-4-2-12(3-5-13)17(7-1-8-17)11-21-14-6-9-20-15(10-14)16(19)22/h2-6,9-10H,1,7-8,11H2,(H2,19,22)(H,20,21). The Morgan fingerprint density at radius 3 is 2.59 bits per heavy atom. The van der Waals surface area contributed by atoms with E-state index < -0.39 is 5.91 Å². The van der Waals surface area contributed by atoms with Crippen LogP contribution >= 0.6 is 11.6 Å². The molecule has 1 aromatic carbocycles. The number of carbonyl (C=O) groups is 1. The summed E-state index contributed by atoms with van der Waals surface area (Å²) >= 11 is 5.98. The highest BCUT2D eigenvalue weighted by molar-refractivity contribution is 6.30. The molecule has 0 saturated heterocycles. The SMILES string of the molecule is NC(=O)c1cc(NCC2(c3ccc(Cl)cc3)CCC2)ccn1. The number of halogens is 1. The van der Waals surface area contributed by atoms with Crippen LogP contribution in [0.2, 0.25) is 5.02 Å². The van der Waals surface area contributed by atoms with E-state index in [1.165, 1.54) is 12.0 Å². The van der Waals surface area contributed by atoms with Gasteiger partial charge in [0.2, 0.25) is 0 Å². The van der Waals surface area contributed by atoms with Gasteiger partial charge in [-0.05, 0) is 42.7 Å². The van der Waals surface area contributed by atoms with E-state index in [2.05, 4.69) is 22.4 Å². The third-order valence-corrected chi connectivity index (χ3v) is 4.66. The number of pyridine rings is 1. The minimum Gasteiger partial charge on any atom is -0.384 e. The van der Waals surface area contributed by atoms with E-state index in [1.54, 1.807) is 12.3 Å². The average molecular weight is 316 g/mol. The number of amides is 1. The van der Waals surface area contributed by atoms with E-state index >= 15 is 0 Å². The first kappa shape index (κ1) is 14.9. The van der Waals surface area contributed by atoms with Gasteiger partial charge in [-0.1, -0.05) is 30.2 Å². The van der Waals surface area contributed by atoms with Crippen molar-refractivity contribution in [2.45, 2.75) is 24.7 Å². The maximum atomic E-state index is 11.2. The van der Waals surface area contributed by atoms with Crippen LogP contribution in [0.4, 0.5) is 5.69 Å². The number of nitrogens with two attached hydrogens (primary N) is 1. The second-order valence-corrected chi connectivity index (χ2v) is 6.22. The Kier molecular flexibility index (Phi) is 4.03. The molecule has 1 heterocycles. The maximum absolute atomic E-state index is 11.2. The number of benzene rings is 1. The molecule has 1 amide bonds. The summed E-state index contributed by atoms with van der Waals surface area (Å²) in [5.74, 6) is -0.514. The molecule has 0 spiro atoms. The average Bonchev–Trinajstić information content (AvgIpc) is 2.48. The molecule has 4 nitrogen and oxygen atoms in total. The van der Waals surface area contributed by atoms with Crippen LogP contribution in [-0.4, -0.2) is 17.4 Å². The zero-order chi connectivity index (χ0) is 15.6. The van der Waals surface area contributed by atoms with Gasteiger partial charge in [0, 0.05) is 28.9 Å². The smallest absolute Gasteiger partial charge is 0.267 e. The van der Waals surface area contributed by atoms with Gasteiger partial charge in [-0.15, -0.1) is 0 Å². The monoisotopic (exact) mass is 315 g/mol. The van der Waals surface area contributed by atoms with Crippen LogP contribution in [0.15, 0.2) is 42.6 Å². The molecule has 1 saturated carbocycles. The fourth-order valence-electron chi connectivity index (χ4n) is 2.92. The molecule has 1 aliphatic rings. The van der Waals surface area contributed by atoms with Crippen LogP contribution in [0, 0.1) is 0 Å². The largest absolute Gasteiger partial charge is 0.384 e. The lowest BCUT2D eigenvalue weighted by Gasteiger charge is -2.43. The molecule has 0 atom stereocenters. The van der Waals surface area contributed by atoms with Crippen molar-refractivity contribution >= 4 is 23.2 Å². The summed E-state index contributed by atoms with van der Waals surface area (Å²) in [6.07, 6.45) is 5.12. The van der Waals surface area contributed by atoms with Crippen molar-refractivity contribution in [1.29, 1.82) is 0 Å². The molecule has 0 bridgehead atoms. The number of hydrogen-bond donors (Lipinski definition) is 2. The van der Waals surface area contributed by atoms with Crippen LogP contribution in [-0.2, 0) is 5.41 Å². The van der Waals surface area contributed by atoms with Crippen LogP contribution in [0.25, 0.3) is 0 Å². The summed E-state index contributed by atoms with van der Waals surface area (Å²) in [6, 6.07) is 11.6. The van der Waals surface area contributed by atoms with Gasteiger partial charge in [0.1, 0.15) is 5.69 Å². The molecular formula is C17H18ClN3O. The fourth-order valence-corrected chi connectivity index (χ4v) is 3.05. The summed E-state index contributed by atoms with van der Waals surface area (Å²) < 4.78 is 0. The number of carbonyl (C=O) groups excluding carboxylic acids is 1. The Hall–Kier alpha value is -2.07. The summed E-state index contributed by atoms with van der Waals surface area (Å²) in [5, 5.41) is 4.17. The van der Waals surface area contributed by atoms with E-state index in [9.17, 15) is 4.79 Å². The van der Waals surface area contributed by atoms with Crippen LogP contribution in [0.1, 0.15) is 35.3 Å². The van der Waals surface area contributed by atoms with E-state index in [-0.39, 0.29) is 11.1 Å². The highest BCUT2D eigenvalue weighted by Crippen LogP contribution is 2.44. The van der Waals surface area contributed by atoms with E-state index in [4.69, 9.17) is 17.3 Å². The molecule has 3 rings (SSSR count). The lowest BCUT2D eigenvalue weighted by Crippen LogP contribution is -2.40. The van der Waals surface area contributed by atoms with Gasteiger partial charge >= 0.3 is 0 Å². The normalized spacial score (nSPS) is 15.9. The molecule has 22 heavy (non-hydrogen) atoms. The Balaban J connectivity index is 1.75. The van der Waals surface area contributed by atoms with Crippen molar-refractivity contribution in [2.75, 3.05) is 11.9 Å².